The Morgan fingerprint density at radius 3 is 2.55 bits per heavy atom. The van der Waals surface area contributed by atoms with Crippen molar-refractivity contribution in [1.82, 2.24) is 14.9 Å². The van der Waals surface area contributed by atoms with E-state index in [9.17, 15) is 13.6 Å². The molecule has 1 amide bonds. The van der Waals surface area contributed by atoms with Crippen molar-refractivity contribution in [3.63, 3.8) is 0 Å². The number of nitrogens with zero attached hydrogens (tertiary/aromatic N) is 4. The summed E-state index contributed by atoms with van der Waals surface area (Å²) in [6, 6.07) is 11.7. The maximum Gasteiger partial charge on any atom is 0.254 e. The van der Waals surface area contributed by atoms with Gasteiger partial charge in [0.05, 0.1) is 0 Å². The second-order valence-electron chi connectivity index (χ2n) is 7.19. The number of hydrogen-bond acceptors (Lipinski definition) is 5. The standard InChI is InChI=1S/C22H19ClF2N4O2/c1-14-12-28(8-9-29(14)22(30)15-2-4-16(23)5-3-15)20-11-21(27-13-26-20)31-17-6-7-18(24)19(25)10-17/h2-7,10-11,13-14H,8-9,12H2,1H3/t14-/m1/s1. The van der Waals surface area contributed by atoms with E-state index in [1.54, 1.807) is 30.3 Å². The Morgan fingerprint density at radius 2 is 1.84 bits per heavy atom. The number of anilines is 1. The highest BCUT2D eigenvalue weighted by atomic mass is 35.5. The zero-order chi connectivity index (χ0) is 22.0. The Bertz CT molecular complexity index is 1100. The van der Waals surface area contributed by atoms with E-state index in [-0.39, 0.29) is 23.6 Å². The summed E-state index contributed by atoms with van der Waals surface area (Å²) >= 11 is 5.91. The van der Waals surface area contributed by atoms with Crippen LogP contribution in [-0.2, 0) is 0 Å². The summed E-state index contributed by atoms with van der Waals surface area (Å²) in [6.45, 7) is 3.64. The van der Waals surface area contributed by atoms with Crippen LogP contribution in [0.1, 0.15) is 17.3 Å². The number of rotatable bonds is 4. The van der Waals surface area contributed by atoms with Crippen molar-refractivity contribution in [1.29, 1.82) is 0 Å². The van der Waals surface area contributed by atoms with Crippen molar-refractivity contribution in [2.45, 2.75) is 13.0 Å². The van der Waals surface area contributed by atoms with Gasteiger partial charge in [0.25, 0.3) is 5.91 Å². The summed E-state index contributed by atoms with van der Waals surface area (Å²) in [4.78, 5) is 25.0. The molecule has 9 heteroatoms. The van der Waals surface area contributed by atoms with Gasteiger partial charge >= 0.3 is 0 Å². The molecule has 2 heterocycles. The number of hydrogen-bond donors (Lipinski definition) is 0. The predicted octanol–water partition coefficient (Wildman–Crippen LogP) is 4.55. The van der Waals surface area contributed by atoms with E-state index in [0.717, 1.165) is 12.1 Å². The zero-order valence-corrected chi connectivity index (χ0v) is 17.4. The first-order chi connectivity index (χ1) is 14.9. The Hall–Kier alpha value is -3.26. The van der Waals surface area contributed by atoms with E-state index in [1.165, 1.54) is 12.4 Å². The van der Waals surface area contributed by atoms with Crippen LogP contribution in [0, 0.1) is 11.6 Å². The molecule has 6 nitrogen and oxygen atoms in total. The normalized spacial score (nSPS) is 16.3. The van der Waals surface area contributed by atoms with E-state index in [4.69, 9.17) is 16.3 Å². The molecule has 4 rings (SSSR count). The average molecular weight is 445 g/mol. The zero-order valence-electron chi connectivity index (χ0n) is 16.6. The summed E-state index contributed by atoms with van der Waals surface area (Å²) < 4.78 is 32.0. The maximum absolute atomic E-state index is 13.4. The van der Waals surface area contributed by atoms with E-state index in [1.807, 2.05) is 16.7 Å². The Labute approximate surface area is 183 Å². The molecular formula is C22H19ClF2N4O2. The first kappa shape index (κ1) is 21.0. The van der Waals surface area contributed by atoms with Crippen molar-refractivity contribution >= 4 is 23.3 Å². The molecule has 0 saturated carbocycles. The van der Waals surface area contributed by atoms with E-state index in [2.05, 4.69) is 9.97 Å². The van der Waals surface area contributed by atoms with Crippen LogP contribution in [0.2, 0.25) is 5.02 Å². The highest BCUT2D eigenvalue weighted by Gasteiger charge is 2.29. The van der Waals surface area contributed by atoms with Crippen LogP contribution in [0.4, 0.5) is 14.6 Å². The molecule has 1 saturated heterocycles. The fourth-order valence-corrected chi connectivity index (χ4v) is 3.57. The lowest BCUT2D eigenvalue weighted by Gasteiger charge is -2.40. The van der Waals surface area contributed by atoms with E-state index in [0.29, 0.717) is 36.0 Å². The van der Waals surface area contributed by atoms with Gasteiger partial charge in [-0.15, -0.1) is 0 Å². The fraction of sp³-hybridized carbons (Fsp3) is 0.227. The van der Waals surface area contributed by atoms with Crippen LogP contribution in [0.25, 0.3) is 0 Å². The van der Waals surface area contributed by atoms with Crippen molar-refractivity contribution in [3.8, 4) is 11.6 Å². The van der Waals surface area contributed by atoms with Gasteiger partial charge in [0.15, 0.2) is 11.6 Å². The highest BCUT2D eigenvalue weighted by Crippen LogP contribution is 2.25. The first-order valence-corrected chi connectivity index (χ1v) is 10.0. The summed E-state index contributed by atoms with van der Waals surface area (Å²) in [5.74, 6) is -1.02. The number of piperazine rings is 1. The fourth-order valence-electron chi connectivity index (χ4n) is 3.45. The molecule has 2 aromatic carbocycles. The number of benzene rings is 2. The monoisotopic (exact) mass is 444 g/mol. The minimum absolute atomic E-state index is 0.0473. The Morgan fingerprint density at radius 1 is 1.06 bits per heavy atom. The number of aromatic nitrogens is 2. The summed E-state index contributed by atoms with van der Waals surface area (Å²) in [5.41, 5.74) is 0.592. The molecule has 1 fully saturated rings. The van der Waals surface area contributed by atoms with Crippen molar-refractivity contribution in [2.24, 2.45) is 0 Å². The van der Waals surface area contributed by atoms with Gasteiger partial charge in [-0.3, -0.25) is 4.79 Å². The van der Waals surface area contributed by atoms with Crippen molar-refractivity contribution in [2.75, 3.05) is 24.5 Å². The summed E-state index contributed by atoms with van der Waals surface area (Å²) in [5, 5.41) is 0.583. The lowest BCUT2D eigenvalue weighted by atomic mass is 10.1. The third-order valence-corrected chi connectivity index (χ3v) is 5.30. The van der Waals surface area contributed by atoms with Crippen LogP contribution in [0.3, 0.4) is 0 Å². The lowest BCUT2D eigenvalue weighted by Crippen LogP contribution is -2.54. The molecule has 160 valence electrons. The lowest BCUT2D eigenvalue weighted by molar-refractivity contribution is 0.0673. The second-order valence-corrected chi connectivity index (χ2v) is 7.63. The van der Waals surface area contributed by atoms with Crippen LogP contribution < -0.4 is 9.64 Å². The molecule has 0 bridgehead atoms. The van der Waals surface area contributed by atoms with E-state index >= 15 is 0 Å². The summed E-state index contributed by atoms with van der Waals surface area (Å²) in [7, 11) is 0. The molecule has 1 atom stereocenters. The average Bonchev–Trinajstić information content (AvgIpc) is 2.76. The molecule has 1 aromatic heterocycles. The minimum atomic E-state index is -0.998. The molecule has 1 aliphatic heterocycles. The van der Waals surface area contributed by atoms with Crippen molar-refractivity contribution in [3.05, 3.63) is 77.1 Å². The molecule has 3 aromatic rings. The largest absolute Gasteiger partial charge is 0.439 e. The molecule has 0 unspecified atom stereocenters. The number of carbonyl (C=O) groups is 1. The topological polar surface area (TPSA) is 58.6 Å². The van der Waals surface area contributed by atoms with Gasteiger partial charge in [-0.2, -0.15) is 0 Å². The van der Waals surface area contributed by atoms with Crippen LogP contribution in [0.15, 0.2) is 54.9 Å². The van der Waals surface area contributed by atoms with Crippen LogP contribution in [-0.4, -0.2) is 46.5 Å². The molecule has 1 aliphatic rings. The number of amides is 1. The molecule has 31 heavy (non-hydrogen) atoms. The third-order valence-electron chi connectivity index (χ3n) is 5.04. The molecular weight excluding hydrogens is 426 g/mol. The first-order valence-electron chi connectivity index (χ1n) is 9.67. The van der Waals surface area contributed by atoms with Gasteiger partial charge in [0, 0.05) is 48.4 Å². The van der Waals surface area contributed by atoms with Gasteiger partial charge in [-0.1, -0.05) is 11.6 Å². The van der Waals surface area contributed by atoms with Gasteiger partial charge in [0.1, 0.15) is 17.9 Å². The van der Waals surface area contributed by atoms with Gasteiger partial charge in [0.2, 0.25) is 5.88 Å². The van der Waals surface area contributed by atoms with Crippen LogP contribution >= 0.6 is 11.6 Å². The van der Waals surface area contributed by atoms with Gasteiger partial charge in [-0.25, -0.2) is 18.7 Å². The molecule has 0 aliphatic carbocycles. The second kappa shape index (κ2) is 8.85. The van der Waals surface area contributed by atoms with Gasteiger partial charge in [-0.05, 0) is 43.3 Å². The third kappa shape index (κ3) is 4.74. The van der Waals surface area contributed by atoms with Crippen LogP contribution in [0.5, 0.6) is 11.6 Å². The Kier molecular flexibility index (Phi) is 5.99. The highest BCUT2D eigenvalue weighted by molar-refractivity contribution is 6.30. The quantitative estimate of drug-likeness (QED) is 0.590. The smallest absolute Gasteiger partial charge is 0.254 e. The van der Waals surface area contributed by atoms with Gasteiger partial charge < -0.3 is 14.5 Å². The molecule has 0 spiro atoms. The van der Waals surface area contributed by atoms with E-state index < -0.39 is 11.6 Å². The minimum Gasteiger partial charge on any atom is -0.439 e. The molecule has 0 N–H and O–H groups in total. The van der Waals surface area contributed by atoms with Crippen molar-refractivity contribution < 1.29 is 18.3 Å². The number of ether oxygens (including phenoxy) is 1. The number of halogens is 3. The number of carbonyl (C=O) groups excluding carboxylic acids is 1. The Balaban J connectivity index is 1.44. The summed E-state index contributed by atoms with van der Waals surface area (Å²) in [6.07, 6.45) is 1.35. The predicted molar refractivity (Wildman–Crippen MR) is 113 cm³/mol. The maximum atomic E-state index is 13.4. The molecule has 0 radical (unpaired) electrons. The SMILES string of the molecule is C[C@@H]1CN(c2cc(Oc3ccc(F)c(F)c3)ncn2)CCN1C(=O)c1ccc(Cl)cc1.